The van der Waals surface area contributed by atoms with Crippen molar-refractivity contribution in [1.82, 2.24) is 0 Å². The fraction of sp³-hybridized carbons (Fsp3) is 0.231. The van der Waals surface area contributed by atoms with Crippen LogP contribution in [0.5, 0.6) is 11.5 Å². The predicted octanol–water partition coefficient (Wildman–Crippen LogP) is 6.45. The fourth-order valence-electron chi connectivity index (χ4n) is 4.65. The number of benzene rings is 3. The Kier molecular flexibility index (Phi) is 3.95. The van der Waals surface area contributed by atoms with Crippen LogP contribution in [0.3, 0.4) is 0 Å². The molecule has 0 aliphatic carbocycles. The molecule has 3 heteroatoms. The van der Waals surface area contributed by atoms with E-state index in [1.54, 1.807) is 7.11 Å². The minimum atomic E-state index is -0.159. The van der Waals surface area contributed by atoms with E-state index in [0.717, 1.165) is 28.3 Å². The summed E-state index contributed by atoms with van der Waals surface area (Å²) in [6.07, 6.45) is 2.15. The highest BCUT2D eigenvalue weighted by atomic mass is 16.5. The van der Waals surface area contributed by atoms with Gasteiger partial charge in [0.05, 0.1) is 12.6 Å². The average molecular weight is 383 g/mol. The minimum absolute atomic E-state index is 0.0792. The highest BCUT2D eigenvalue weighted by molar-refractivity contribution is 5.90. The summed E-state index contributed by atoms with van der Waals surface area (Å²) in [6, 6.07) is 20.9. The number of fused-ring (bicyclic) bond motifs is 5. The van der Waals surface area contributed by atoms with Crippen LogP contribution in [0.2, 0.25) is 0 Å². The minimum Gasteiger partial charge on any atom is -0.497 e. The lowest BCUT2D eigenvalue weighted by atomic mass is 9.80. The van der Waals surface area contributed by atoms with Crippen molar-refractivity contribution >= 4 is 11.3 Å². The van der Waals surface area contributed by atoms with E-state index in [4.69, 9.17) is 9.47 Å². The Hall–Kier alpha value is -3.20. The van der Waals surface area contributed by atoms with Gasteiger partial charge in [-0.25, -0.2) is 0 Å². The van der Waals surface area contributed by atoms with Crippen LogP contribution in [0.1, 0.15) is 43.6 Å². The van der Waals surface area contributed by atoms with E-state index in [9.17, 15) is 0 Å². The zero-order chi connectivity index (χ0) is 20.2. The third-order valence-electron chi connectivity index (χ3n) is 5.76. The van der Waals surface area contributed by atoms with E-state index < -0.39 is 0 Å². The van der Waals surface area contributed by atoms with E-state index >= 15 is 0 Å². The zero-order valence-corrected chi connectivity index (χ0v) is 17.2. The van der Waals surface area contributed by atoms with Gasteiger partial charge in [0, 0.05) is 22.4 Å². The second-order valence-corrected chi connectivity index (χ2v) is 8.39. The van der Waals surface area contributed by atoms with Crippen LogP contribution in [0, 0.1) is 0 Å². The van der Waals surface area contributed by atoms with Crippen LogP contribution in [0.25, 0.3) is 16.7 Å². The molecular formula is C26H25NO2. The van der Waals surface area contributed by atoms with Crippen molar-refractivity contribution in [3.63, 3.8) is 0 Å². The first-order chi connectivity index (χ1) is 14.0. The largest absolute Gasteiger partial charge is 0.497 e. The average Bonchev–Trinajstić information content (AvgIpc) is 2.71. The van der Waals surface area contributed by atoms with E-state index in [-0.39, 0.29) is 11.6 Å². The van der Waals surface area contributed by atoms with E-state index in [1.807, 2.05) is 18.2 Å². The SMILES string of the molecule is COc1ccc2c(c1)-c1ccc3c(c1C(c1ccccc1)O2)C(C)=CC(C)(C)N3. The number of rotatable bonds is 2. The standard InChI is InChI=1S/C26H25NO2/c1-16-15-26(2,3)27-21-12-11-19-20-14-18(28-4)10-13-22(20)29-25(24(19)23(16)21)17-8-6-5-7-9-17/h5-15,25,27H,1-4H3. The first kappa shape index (κ1) is 17.9. The number of ether oxygens (including phenoxy) is 2. The van der Waals surface area contributed by atoms with Crippen LogP contribution in [0.4, 0.5) is 5.69 Å². The first-order valence-corrected chi connectivity index (χ1v) is 10.0. The summed E-state index contributed by atoms with van der Waals surface area (Å²) in [5.74, 6) is 1.72. The van der Waals surface area contributed by atoms with Gasteiger partial charge in [-0.2, -0.15) is 0 Å². The van der Waals surface area contributed by atoms with E-state index in [0.29, 0.717) is 0 Å². The lowest BCUT2D eigenvalue weighted by Crippen LogP contribution is -2.32. The molecule has 0 saturated heterocycles. The van der Waals surface area contributed by atoms with Crippen molar-refractivity contribution in [1.29, 1.82) is 0 Å². The molecule has 29 heavy (non-hydrogen) atoms. The maximum absolute atomic E-state index is 6.60. The third-order valence-corrected chi connectivity index (χ3v) is 5.76. The number of anilines is 1. The summed E-state index contributed by atoms with van der Waals surface area (Å²) in [5.41, 5.74) is 8.24. The number of allylic oxidation sites excluding steroid dienone is 1. The number of methoxy groups -OCH3 is 1. The summed E-state index contributed by atoms with van der Waals surface area (Å²) >= 11 is 0. The van der Waals surface area contributed by atoms with Gasteiger partial charge in [0.15, 0.2) is 6.10 Å². The van der Waals surface area contributed by atoms with Crippen molar-refractivity contribution in [2.75, 3.05) is 12.4 Å². The van der Waals surface area contributed by atoms with Gasteiger partial charge in [0.1, 0.15) is 11.5 Å². The molecule has 3 aromatic carbocycles. The van der Waals surface area contributed by atoms with Gasteiger partial charge in [0.2, 0.25) is 0 Å². The molecular weight excluding hydrogens is 358 g/mol. The normalized spacial score (nSPS) is 18.3. The lowest BCUT2D eigenvalue weighted by Gasteiger charge is -2.37. The van der Waals surface area contributed by atoms with Gasteiger partial charge in [-0.05, 0) is 61.7 Å². The molecule has 0 amide bonds. The number of nitrogens with one attached hydrogen (secondary N) is 1. The van der Waals surface area contributed by atoms with Crippen LogP contribution < -0.4 is 14.8 Å². The van der Waals surface area contributed by atoms with Gasteiger partial charge >= 0.3 is 0 Å². The number of hydrogen-bond acceptors (Lipinski definition) is 3. The maximum Gasteiger partial charge on any atom is 0.150 e. The van der Waals surface area contributed by atoms with Gasteiger partial charge in [-0.1, -0.05) is 42.5 Å². The highest BCUT2D eigenvalue weighted by Gasteiger charge is 2.34. The molecule has 0 radical (unpaired) electrons. The second-order valence-electron chi connectivity index (χ2n) is 8.39. The topological polar surface area (TPSA) is 30.5 Å². The molecule has 0 spiro atoms. The molecule has 1 unspecified atom stereocenters. The van der Waals surface area contributed by atoms with Gasteiger partial charge < -0.3 is 14.8 Å². The monoisotopic (exact) mass is 383 g/mol. The van der Waals surface area contributed by atoms with Gasteiger partial charge in [-0.3, -0.25) is 0 Å². The van der Waals surface area contributed by atoms with Crippen LogP contribution in [0.15, 0.2) is 66.7 Å². The van der Waals surface area contributed by atoms with Crippen LogP contribution >= 0.6 is 0 Å². The first-order valence-electron chi connectivity index (χ1n) is 10.0. The Bertz CT molecular complexity index is 1130. The Morgan fingerprint density at radius 2 is 1.76 bits per heavy atom. The van der Waals surface area contributed by atoms with Crippen molar-refractivity contribution in [3.05, 3.63) is 83.4 Å². The summed E-state index contributed by atoms with van der Waals surface area (Å²) in [5, 5.41) is 3.68. The molecule has 1 atom stereocenters. The zero-order valence-electron chi connectivity index (χ0n) is 17.2. The molecule has 0 saturated carbocycles. The molecule has 146 valence electrons. The molecule has 2 heterocycles. The molecule has 2 aliphatic rings. The van der Waals surface area contributed by atoms with Gasteiger partial charge in [-0.15, -0.1) is 0 Å². The van der Waals surface area contributed by atoms with Crippen molar-refractivity contribution in [2.24, 2.45) is 0 Å². The van der Waals surface area contributed by atoms with E-state index in [1.165, 1.54) is 22.3 Å². The summed E-state index contributed by atoms with van der Waals surface area (Å²) < 4.78 is 12.1. The summed E-state index contributed by atoms with van der Waals surface area (Å²) in [6.45, 7) is 6.60. The highest BCUT2D eigenvalue weighted by Crippen LogP contribution is 2.51. The fourth-order valence-corrected chi connectivity index (χ4v) is 4.65. The summed E-state index contributed by atoms with van der Waals surface area (Å²) in [7, 11) is 1.70. The molecule has 2 aliphatic heterocycles. The second kappa shape index (κ2) is 6.41. The lowest BCUT2D eigenvalue weighted by molar-refractivity contribution is 0.243. The summed E-state index contributed by atoms with van der Waals surface area (Å²) in [4.78, 5) is 0. The Morgan fingerprint density at radius 3 is 2.52 bits per heavy atom. The van der Waals surface area contributed by atoms with E-state index in [2.05, 4.69) is 74.6 Å². The molecule has 0 aromatic heterocycles. The Balaban J connectivity index is 1.81. The quantitative estimate of drug-likeness (QED) is 0.551. The smallest absolute Gasteiger partial charge is 0.150 e. The van der Waals surface area contributed by atoms with Crippen LogP contribution in [-0.2, 0) is 0 Å². The third kappa shape index (κ3) is 2.89. The van der Waals surface area contributed by atoms with Gasteiger partial charge in [0.25, 0.3) is 0 Å². The molecule has 0 bridgehead atoms. The molecule has 0 fully saturated rings. The number of hydrogen-bond donors (Lipinski definition) is 1. The van der Waals surface area contributed by atoms with Crippen molar-refractivity contribution in [2.45, 2.75) is 32.4 Å². The van der Waals surface area contributed by atoms with Crippen molar-refractivity contribution in [3.8, 4) is 22.6 Å². The Morgan fingerprint density at radius 1 is 0.966 bits per heavy atom. The predicted molar refractivity (Wildman–Crippen MR) is 119 cm³/mol. The molecule has 3 aromatic rings. The van der Waals surface area contributed by atoms with Crippen molar-refractivity contribution < 1.29 is 9.47 Å². The molecule has 1 N–H and O–H groups in total. The van der Waals surface area contributed by atoms with Crippen LogP contribution in [-0.4, -0.2) is 12.6 Å². The Labute approximate surface area is 172 Å². The molecule has 5 rings (SSSR count). The maximum atomic E-state index is 6.60. The molecule has 3 nitrogen and oxygen atoms in total.